The number of hydrogen-bond acceptors (Lipinski definition) is 3. The molecule has 1 unspecified atom stereocenters. The van der Waals surface area contributed by atoms with Gasteiger partial charge in [0.1, 0.15) is 6.04 Å². The summed E-state index contributed by atoms with van der Waals surface area (Å²) in [6.07, 6.45) is 1.96. The van der Waals surface area contributed by atoms with Crippen LogP contribution in [0.1, 0.15) is 33.6 Å². The molecule has 1 atom stereocenters. The van der Waals surface area contributed by atoms with Gasteiger partial charge in [-0.1, -0.05) is 6.92 Å². The number of rotatable bonds is 4. The Hall–Kier alpha value is -0.610. The topological polar surface area (TPSA) is 43.8 Å². The van der Waals surface area contributed by atoms with Gasteiger partial charge in [-0.2, -0.15) is 0 Å². The molecule has 2 heterocycles. The first kappa shape index (κ1) is 11.9. The van der Waals surface area contributed by atoms with E-state index in [9.17, 15) is 4.79 Å². The zero-order valence-electron chi connectivity index (χ0n) is 10.4. The van der Waals surface area contributed by atoms with Crippen molar-refractivity contribution >= 4 is 5.97 Å². The van der Waals surface area contributed by atoms with Gasteiger partial charge in [0.15, 0.2) is 0 Å². The van der Waals surface area contributed by atoms with Crippen molar-refractivity contribution in [1.29, 1.82) is 0 Å². The van der Waals surface area contributed by atoms with Gasteiger partial charge in [0.25, 0.3) is 0 Å². The van der Waals surface area contributed by atoms with Crippen molar-refractivity contribution < 1.29 is 9.90 Å². The van der Waals surface area contributed by atoms with Crippen LogP contribution in [0.3, 0.4) is 0 Å². The van der Waals surface area contributed by atoms with Gasteiger partial charge in [0.2, 0.25) is 0 Å². The highest BCUT2D eigenvalue weighted by atomic mass is 16.4. The molecule has 2 saturated heterocycles. The van der Waals surface area contributed by atoms with Crippen LogP contribution in [0.15, 0.2) is 0 Å². The largest absolute Gasteiger partial charge is 0.480 e. The van der Waals surface area contributed by atoms with Gasteiger partial charge in [-0.15, -0.1) is 0 Å². The molecule has 4 nitrogen and oxygen atoms in total. The summed E-state index contributed by atoms with van der Waals surface area (Å²) in [4.78, 5) is 15.5. The molecule has 2 aliphatic heterocycles. The van der Waals surface area contributed by atoms with E-state index >= 15 is 0 Å². The first-order valence-electron chi connectivity index (χ1n) is 6.19. The molecule has 2 aliphatic rings. The Labute approximate surface area is 97.2 Å². The van der Waals surface area contributed by atoms with Crippen molar-refractivity contribution in [2.24, 2.45) is 0 Å². The number of carboxylic acid groups (broad SMARTS) is 1. The molecule has 0 radical (unpaired) electrons. The Morgan fingerprint density at radius 2 is 2.06 bits per heavy atom. The number of likely N-dealkylation sites (tertiary alicyclic amines) is 2. The molecule has 0 aromatic heterocycles. The van der Waals surface area contributed by atoms with Crippen LogP contribution in [0.2, 0.25) is 0 Å². The average molecular weight is 226 g/mol. The fraction of sp³-hybridized carbons (Fsp3) is 0.917. The number of hydrogen-bond donors (Lipinski definition) is 1. The van der Waals surface area contributed by atoms with Crippen LogP contribution in [0.5, 0.6) is 0 Å². The normalized spacial score (nSPS) is 28.6. The molecule has 0 aromatic rings. The molecule has 2 rings (SSSR count). The Morgan fingerprint density at radius 1 is 1.44 bits per heavy atom. The highest BCUT2D eigenvalue weighted by molar-refractivity contribution is 5.74. The predicted octanol–water partition coefficient (Wildman–Crippen LogP) is 1.02. The molecule has 0 aliphatic carbocycles. The van der Waals surface area contributed by atoms with E-state index in [2.05, 4.69) is 30.6 Å². The quantitative estimate of drug-likeness (QED) is 0.777. The molecule has 0 spiro atoms. The predicted molar refractivity (Wildman–Crippen MR) is 62.5 cm³/mol. The lowest BCUT2D eigenvalue weighted by atomic mass is 9.89. The maximum Gasteiger partial charge on any atom is 0.320 e. The smallest absolute Gasteiger partial charge is 0.320 e. The lowest BCUT2D eigenvalue weighted by Crippen LogP contribution is -2.70. The first-order valence-corrected chi connectivity index (χ1v) is 6.19. The third-order valence-corrected chi connectivity index (χ3v) is 4.40. The van der Waals surface area contributed by atoms with Crippen molar-refractivity contribution in [1.82, 2.24) is 9.80 Å². The minimum Gasteiger partial charge on any atom is -0.480 e. The molecule has 0 aromatic carbocycles. The monoisotopic (exact) mass is 226 g/mol. The fourth-order valence-electron chi connectivity index (χ4n) is 2.49. The van der Waals surface area contributed by atoms with Crippen LogP contribution in [0, 0.1) is 0 Å². The van der Waals surface area contributed by atoms with Crippen LogP contribution in [-0.4, -0.2) is 58.1 Å². The molecule has 0 bridgehead atoms. The summed E-state index contributed by atoms with van der Waals surface area (Å²) in [6, 6.07) is 0.262. The second kappa shape index (κ2) is 4.00. The maximum absolute atomic E-state index is 10.9. The third-order valence-electron chi connectivity index (χ3n) is 4.40. The van der Waals surface area contributed by atoms with E-state index < -0.39 is 5.97 Å². The highest BCUT2D eigenvalue weighted by Crippen LogP contribution is 2.31. The van der Waals surface area contributed by atoms with Gasteiger partial charge in [0, 0.05) is 31.2 Å². The third kappa shape index (κ3) is 1.84. The van der Waals surface area contributed by atoms with Crippen molar-refractivity contribution in [3.05, 3.63) is 0 Å². The molecule has 1 N–H and O–H groups in total. The fourth-order valence-corrected chi connectivity index (χ4v) is 2.49. The van der Waals surface area contributed by atoms with Crippen LogP contribution >= 0.6 is 0 Å². The molecule has 16 heavy (non-hydrogen) atoms. The number of nitrogens with zero attached hydrogens (tertiary/aromatic N) is 2. The molecular formula is C12H22N2O2. The molecule has 92 valence electrons. The minimum absolute atomic E-state index is 0.211. The SMILES string of the molecule is CCC(C)(C)N1CC(N2CCC2C(=O)O)C1. The maximum atomic E-state index is 10.9. The van der Waals surface area contributed by atoms with E-state index in [1.54, 1.807) is 0 Å². The Bertz CT molecular complexity index is 285. The van der Waals surface area contributed by atoms with Gasteiger partial charge in [-0.3, -0.25) is 14.6 Å². The summed E-state index contributed by atoms with van der Waals surface area (Å²) in [5.41, 5.74) is 0.264. The first-order chi connectivity index (χ1) is 7.45. The average Bonchev–Trinajstić information content (AvgIpc) is 2.06. The Balaban J connectivity index is 1.83. The van der Waals surface area contributed by atoms with E-state index in [1.165, 1.54) is 0 Å². The molecular weight excluding hydrogens is 204 g/mol. The van der Waals surface area contributed by atoms with Crippen LogP contribution in [0.4, 0.5) is 0 Å². The van der Waals surface area contributed by atoms with E-state index in [1.807, 2.05) is 0 Å². The van der Waals surface area contributed by atoms with Gasteiger partial charge >= 0.3 is 5.97 Å². The van der Waals surface area contributed by atoms with Crippen LogP contribution in [-0.2, 0) is 4.79 Å². The van der Waals surface area contributed by atoms with E-state index in [0.29, 0.717) is 6.04 Å². The van der Waals surface area contributed by atoms with Crippen molar-refractivity contribution in [2.75, 3.05) is 19.6 Å². The molecule has 0 amide bonds. The summed E-state index contributed by atoms with van der Waals surface area (Å²) in [5.74, 6) is -0.653. The molecule has 2 fully saturated rings. The van der Waals surface area contributed by atoms with Crippen molar-refractivity contribution in [3.63, 3.8) is 0 Å². The summed E-state index contributed by atoms with van der Waals surface area (Å²) in [7, 11) is 0. The van der Waals surface area contributed by atoms with E-state index in [-0.39, 0.29) is 11.6 Å². The minimum atomic E-state index is -0.653. The van der Waals surface area contributed by atoms with Crippen LogP contribution in [0.25, 0.3) is 0 Å². The van der Waals surface area contributed by atoms with E-state index in [4.69, 9.17) is 5.11 Å². The second-order valence-electron chi connectivity index (χ2n) is 5.61. The summed E-state index contributed by atoms with van der Waals surface area (Å²) in [5, 5.41) is 8.99. The summed E-state index contributed by atoms with van der Waals surface area (Å²) < 4.78 is 0. The lowest BCUT2D eigenvalue weighted by molar-refractivity contribution is -0.155. The zero-order valence-corrected chi connectivity index (χ0v) is 10.4. The van der Waals surface area contributed by atoms with Crippen molar-refractivity contribution in [3.8, 4) is 0 Å². The summed E-state index contributed by atoms with van der Waals surface area (Å²) in [6.45, 7) is 9.75. The number of aliphatic carboxylic acids is 1. The second-order valence-corrected chi connectivity index (χ2v) is 5.61. The molecule has 0 saturated carbocycles. The number of carbonyl (C=O) groups is 1. The number of carboxylic acids is 1. The zero-order chi connectivity index (χ0) is 11.9. The van der Waals surface area contributed by atoms with Crippen molar-refractivity contribution in [2.45, 2.75) is 51.2 Å². The van der Waals surface area contributed by atoms with Crippen LogP contribution < -0.4 is 0 Å². The van der Waals surface area contributed by atoms with E-state index in [0.717, 1.165) is 32.5 Å². The lowest BCUT2D eigenvalue weighted by Gasteiger charge is -2.56. The van der Waals surface area contributed by atoms with Gasteiger partial charge < -0.3 is 5.11 Å². The standard InChI is InChI=1S/C12H22N2O2/c1-4-12(2,3)13-7-9(8-13)14-6-5-10(14)11(15)16/h9-10H,4-8H2,1-3H3,(H,15,16). The highest BCUT2D eigenvalue weighted by Gasteiger charge is 2.46. The summed E-state index contributed by atoms with van der Waals surface area (Å²) >= 11 is 0. The Morgan fingerprint density at radius 3 is 2.44 bits per heavy atom. The Kier molecular flexibility index (Phi) is 2.97. The van der Waals surface area contributed by atoms with Gasteiger partial charge in [-0.05, 0) is 26.7 Å². The molecule has 4 heteroatoms. The van der Waals surface area contributed by atoms with Gasteiger partial charge in [-0.25, -0.2) is 0 Å². The van der Waals surface area contributed by atoms with Gasteiger partial charge in [0.05, 0.1) is 0 Å².